The highest BCUT2D eigenvalue weighted by molar-refractivity contribution is 7.78. The van der Waals surface area contributed by atoms with Crippen LogP contribution in [0.1, 0.15) is 50.2 Å². The van der Waals surface area contributed by atoms with Gasteiger partial charge in [-0.3, -0.25) is 4.90 Å². The highest BCUT2D eigenvalue weighted by Crippen LogP contribution is 2.22. The van der Waals surface area contributed by atoms with Gasteiger partial charge >= 0.3 is 0 Å². The van der Waals surface area contributed by atoms with Crippen molar-refractivity contribution in [1.82, 2.24) is 4.90 Å². The molecule has 0 bridgehead atoms. The van der Waals surface area contributed by atoms with E-state index in [1.165, 1.54) is 32.4 Å². The second kappa shape index (κ2) is 11.3. The van der Waals surface area contributed by atoms with E-state index >= 15 is 0 Å². The van der Waals surface area contributed by atoms with E-state index in [0.717, 1.165) is 43.7 Å². The monoisotopic (exact) mass is 348 g/mol. The van der Waals surface area contributed by atoms with E-state index in [9.17, 15) is 5.11 Å². The molecule has 0 spiro atoms. The summed E-state index contributed by atoms with van der Waals surface area (Å²) in [6.45, 7) is 4.81. The number of benzene rings is 1. The van der Waals surface area contributed by atoms with Crippen molar-refractivity contribution in [2.45, 2.75) is 44.6 Å². The molecule has 0 aliphatic carbocycles. The number of unbranched alkanes of at least 4 members (excludes halogenated alkanes) is 1. The van der Waals surface area contributed by atoms with Crippen molar-refractivity contribution in [1.29, 1.82) is 0 Å². The molecule has 1 heterocycles. The number of thiocarbonyl (C=S) groups is 1. The molecule has 0 saturated carbocycles. The van der Waals surface area contributed by atoms with Crippen molar-refractivity contribution in [2.75, 3.05) is 32.8 Å². The summed E-state index contributed by atoms with van der Waals surface area (Å²) in [5.41, 5.74) is 0.941. The first-order valence-electron chi connectivity index (χ1n) is 8.96. The number of isothiocyanates is 1. The van der Waals surface area contributed by atoms with E-state index in [1.54, 1.807) is 0 Å². The summed E-state index contributed by atoms with van der Waals surface area (Å²) in [5, 5.41) is 12.6. The Morgan fingerprint density at radius 3 is 2.62 bits per heavy atom. The minimum Gasteiger partial charge on any atom is -0.492 e. The standard InChI is InChI=1S/C19H28N2O2S/c22-19(6-2-3-11-20-16-24)17-7-9-18(10-8-17)23-15-14-21-12-4-1-5-13-21/h7-10,19,22H,1-6,11-15H2. The SMILES string of the molecule is OC(CCCCN=C=S)c1ccc(OCCN2CCCCC2)cc1. The summed E-state index contributed by atoms with van der Waals surface area (Å²) in [6, 6.07) is 7.81. The number of rotatable bonds is 10. The first-order chi connectivity index (χ1) is 11.8. The average Bonchev–Trinajstić information content (AvgIpc) is 2.63. The third-order valence-corrected chi connectivity index (χ3v) is 4.58. The molecule has 0 amide bonds. The number of nitrogens with zero attached hydrogens (tertiary/aromatic N) is 2. The van der Waals surface area contributed by atoms with Gasteiger partial charge in [0, 0.05) is 13.1 Å². The molecule has 1 atom stereocenters. The van der Waals surface area contributed by atoms with Gasteiger partial charge in [-0.25, -0.2) is 4.99 Å². The molecule has 1 aliphatic rings. The van der Waals surface area contributed by atoms with Crippen LogP contribution in [-0.2, 0) is 0 Å². The molecular formula is C19H28N2O2S. The van der Waals surface area contributed by atoms with Crippen LogP contribution in [0.3, 0.4) is 0 Å². The number of aliphatic imine (C=N–C) groups is 1. The smallest absolute Gasteiger partial charge is 0.119 e. The molecule has 1 unspecified atom stereocenters. The molecule has 0 radical (unpaired) electrons. The van der Waals surface area contributed by atoms with Crippen molar-refractivity contribution in [2.24, 2.45) is 4.99 Å². The summed E-state index contributed by atoms with van der Waals surface area (Å²) < 4.78 is 5.82. The maximum Gasteiger partial charge on any atom is 0.119 e. The van der Waals surface area contributed by atoms with Crippen molar-refractivity contribution in [3.63, 3.8) is 0 Å². The van der Waals surface area contributed by atoms with E-state index < -0.39 is 6.10 Å². The van der Waals surface area contributed by atoms with Crippen LogP contribution in [0.15, 0.2) is 29.3 Å². The Morgan fingerprint density at radius 1 is 1.17 bits per heavy atom. The molecule has 1 saturated heterocycles. The molecule has 1 aliphatic heterocycles. The lowest BCUT2D eigenvalue weighted by atomic mass is 10.0. The third-order valence-electron chi connectivity index (χ3n) is 4.45. The molecule has 1 aromatic carbocycles. The van der Waals surface area contributed by atoms with Gasteiger partial charge in [-0.1, -0.05) is 18.6 Å². The number of piperidine rings is 1. The van der Waals surface area contributed by atoms with Gasteiger partial charge in [-0.2, -0.15) is 0 Å². The maximum absolute atomic E-state index is 10.2. The maximum atomic E-state index is 10.2. The van der Waals surface area contributed by atoms with Gasteiger partial charge in [0.25, 0.3) is 0 Å². The minimum absolute atomic E-state index is 0.427. The number of hydrogen-bond acceptors (Lipinski definition) is 5. The lowest BCUT2D eigenvalue weighted by Gasteiger charge is -2.26. The largest absolute Gasteiger partial charge is 0.492 e. The number of hydrogen-bond donors (Lipinski definition) is 1. The predicted octanol–water partition coefficient (Wildman–Crippen LogP) is 3.86. The van der Waals surface area contributed by atoms with E-state index in [4.69, 9.17) is 4.74 Å². The normalized spacial score (nSPS) is 16.4. The fraction of sp³-hybridized carbons (Fsp3) is 0.632. The molecule has 132 valence electrons. The quantitative estimate of drug-likeness (QED) is 0.396. The summed E-state index contributed by atoms with van der Waals surface area (Å²) >= 11 is 4.53. The second-order valence-electron chi connectivity index (χ2n) is 6.30. The van der Waals surface area contributed by atoms with Gasteiger partial charge in [-0.05, 0) is 75.1 Å². The summed E-state index contributed by atoms with van der Waals surface area (Å²) in [4.78, 5) is 6.35. The van der Waals surface area contributed by atoms with E-state index in [2.05, 4.69) is 27.3 Å². The zero-order valence-corrected chi connectivity index (χ0v) is 15.1. The second-order valence-corrected chi connectivity index (χ2v) is 6.49. The fourth-order valence-electron chi connectivity index (χ4n) is 3.00. The lowest BCUT2D eigenvalue weighted by Crippen LogP contribution is -2.33. The van der Waals surface area contributed by atoms with Crippen LogP contribution in [0, 0.1) is 0 Å². The Hall–Kier alpha value is -1.26. The Morgan fingerprint density at radius 2 is 1.92 bits per heavy atom. The molecule has 1 N–H and O–H groups in total. The Bertz CT molecular complexity index is 509. The summed E-state index contributed by atoms with van der Waals surface area (Å²) in [5.74, 6) is 0.873. The zero-order chi connectivity index (χ0) is 17.0. The molecule has 1 fully saturated rings. The van der Waals surface area contributed by atoms with Crippen LogP contribution < -0.4 is 4.74 Å². The van der Waals surface area contributed by atoms with E-state index in [1.807, 2.05) is 24.3 Å². The van der Waals surface area contributed by atoms with Crippen molar-refractivity contribution in [3.8, 4) is 5.75 Å². The topological polar surface area (TPSA) is 45.1 Å². The highest BCUT2D eigenvalue weighted by atomic mass is 32.1. The Balaban J connectivity index is 1.66. The molecule has 0 aromatic heterocycles. The average molecular weight is 349 g/mol. The molecule has 1 aromatic rings. The van der Waals surface area contributed by atoms with Crippen LogP contribution in [0.4, 0.5) is 0 Å². The van der Waals surface area contributed by atoms with Gasteiger partial charge in [0.15, 0.2) is 0 Å². The van der Waals surface area contributed by atoms with Crippen molar-refractivity contribution >= 4 is 17.4 Å². The van der Waals surface area contributed by atoms with Crippen molar-refractivity contribution in [3.05, 3.63) is 29.8 Å². The highest BCUT2D eigenvalue weighted by Gasteiger charge is 2.10. The minimum atomic E-state index is -0.427. The molecular weight excluding hydrogens is 320 g/mol. The van der Waals surface area contributed by atoms with Gasteiger partial charge in [0.05, 0.1) is 11.3 Å². The number of likely N-dealkylation sites (tertiary alicyclic amines) is 1. The predicted molar refractivity (Wildman–Crippen MR) is 101 cm³/mol. The Kier molecular flexibility index (Phi) is 9.00. The van der Waals surface area contributed by atoms with Gasteiger partial charge < -0.3 is 9.84 Å². The lowest BCUT2D eigenvalue weighted by molar-refractivity contribution is 0.163. The summed E-state index contributed by atoms with van der Waals surface area (Å²) in [6.07, 6.45) is 6.15. The van der Waals surface area contributed by atoms with Crippen LogP contribution in [-0.4, -0.2) is 48.0 Å². The first kappa shape index (κ1) is 19.1. The molecule has 5 heteroatoms. The van der Waals surface area contributed by atoms with Crippen LogP contribution in [0.25, 0.3) is 0 Å². The van der Waals surface area contributed by atoms with E-state index in [-0.39, 0.29) is 0 Å². The number of aliphatic hydroxyl groups excluding tert-OH is 1. The van der Waals surface area contributed by atoms with Crippen LogP contribution >= 0.6 is 12.2 Å². The van der Waals surface area contributed by atoms with Gasteiger partial charge in [0.1, 0.15) is 12.4 Å². The summed E-state index contributed by atoms with van der Waals surface area (Å²) in [7, 11) is 0. The first-order valence-corrected chi connectivity index (χ1v) is 9.37. The number of ether oxygens (including phenoxy) is 1. The van der Waals surface area contributed by atoms with E-state index in [0.29, 0.717) is 6.54 Å². The van der Waals surface area contributed by atoms with Gasteiger partial charge in [0.2, 0.25) is 0 Å². The van der Waals surface area contributed by atoms with Gasteiger partial charge in [-0.15, -0.1) is 0 Å². The number of aliphatic hydroxyl groups is 1. The zero-order valence-electron chi connectivity index (χ0n) is 14.3. The van der Waals surface area contributed by atoms with Crippen LogP contribution in [0.5, 0.6) is 5.75 Å². The third kappa shape index (κ3) is 7.10. The Labute approximate surface area is 150 Å². The molecule has 24 heavy (non-hydrogen) atoms. The van der Waals surface area contributed by atoms with Crippen LogP contribution in [0.2, 0.25) is 0 Å². The fourth-order valence-corrected chi connectivity index (χ4v) is 3.09. The van der Waals surface area contributed by atoms with Crippen molar-refractivity contribution < 1.29 is 9.84 Å². The molecule has 4 nitrogen and oxygen atoms in total. The molecule has 2 rings (SSSR count).